The van der Waals surface area contributed by atoms with Crippen LogP contribution >= 0.6 is 0 Å². The first kappa shape index (κ1) is 12.4. The van der Waals surface area contributed by atoms with Crippen molar-refractivity contribution in [2.75, 3.05) is 13.2 Å². The van der Waals surface area contributed by atoms with Gasteiger partial charge in [0.2, 0.25) is 0 Å². The normalized spacial score (nSPS) is 30.8. The van der Waals surface area contributed by atoms with E-state index in [1.54, 1.807) is 0 Å². The van der Waals surface area contributed by atoms with Gasteiger partial charge >= 0.3 is 0 Å². The van der Waals surface area contributed by atoms with Gasteiger partial charge in [0.1, 0.15) is 0 Å². The Morgan fingerprint density at radius 1 is 1.19 bits per heavy atom. The summed E-state index contributed by atoms with van der Waals surface area (Å²) in [4.78, 5) is 0. The van der Waals surface area contributed by atoms with Crippen molar-refractivity contribution >= 4 is 0 Å². The van der Waals surface area contributed by atoms with Crippen LogP contribution in [0, 0.1) is 5.92 Å². The van der Waals surface area contributed by atoms with Gasteiger partial charge in [-0.05, 0) is 25.2 Å². The summed E-state index contributed by atoms with van der Waals surface area (Å²) in [5, 5.41) is 3.71. The van der Waals surface area contributed by atoms with Gasteiger partial charge in [-0.25, -0.2) is 0 Å². The predicted octanol–water partition coefficient (Wildman–Crippen LogP) is 3.11. The maximum absolute atomic E-state index is 6.12. The molecule has 1 saturated heterocycles. The molecule has 0 amide bonds. The molecular weight excluding hydrogens is 198 g/mol. The van der Waals surface area contributed by atoms with Crippen molar-refractivity contribution in [3.63, 3.8) is 0 Å². The quantitative estimate of drug-likeness (QED) is 0.794. The first-order valence-corrected chi connectivity index (χ1v) is 7.18. The monoisotopic (exact) mass is 225 g/mol. The summed E-state index contributed by atoms with van der Waals surface area (Å²) in [6.45, 7) is 6.48. The summed E-state index contributed by atoms with van der Waals surface area (Å²) in [5.41, 5.74) is 0.126. The van der Waals surface area contributed by atoms with E-state index in [1.807, 2.05) is 0 Å². The van der Waals surface area contributed by atoms with Crippen molar-refractivity contribution in [2.24, 2.45) is 5.92 Å². The van der Waals surface area contributed by atoms with E-state index in [-0.39, 0.29) is 5.60 Å². The molecule has 1 aliphatic carbocycles. The highest BCUT2D eigenvalue weighted by Gasteiger charge is 2.40. The van der Waals surface area contributed by atoms with E-state index in [9.17, 15) is 0 Å². The zero-order valence-corrected chi connectivity index (χ0v) is 10.9. The van der Waals surface area contributed by atoms with Crippen molar-refractivity contribution in [2.45, 2.75) is 70.4 Å². The van der Waals surface area contributed by atoms with Crippen molar-refractivity contribution in [1.82, 2.24) is 5.32 Å². The molecule has 0 aromatic heterocycles. The highest BCUT2D eigenvalue weighted by molar-refractivity contribution is 4.95. The molecule has 2 nitrogen and oxygen atoms in total. The van der Waals surface area contributed by atoms with Crippen molar-refractivity contribution < 1.29 is 4.74 Å². The van der Waals surface area contributed by atoms with Crippen LogP contribution in [-0.4, -0.2) is 24.8 Å². The molecule has 1 heterocycles. The fourth-order valence-electron chi connectivity index (χ4n) is 3.60. The summed E-state index contributed by atoms with van der Waals surface area (Å²) >= 11 is 0. The Morgan fingerprint density at radius 3 is 2.50 bits per heavy atom. The minimum absolute atomic E-state index is 0.126. The minimum atomic E-state index is 0.126. The standard InChI is InChI=1S/C14H27NO/c1-3-14(4-2)13(15-9-10-16-14)11-12-7-5-6-8-12/h12-13,15H,3-11H2,1-2H3. The molecule has 0 aromatic carbocycles. The lowest BCUT2D eigenvalue weighted by Crippen LogP contribution is -2.58. The number of morpholine rings is 1. The van der Waals surface area contributed by atoms with Crippen molar-refractivity contribution in [3.05, 3.63) is 0 Å². The van der Waals surface area contributed by atoms with Crippen LogP contribution in [0.2, 0.25) is 0 Å². The summed E-state index contributed by atoms with van der Waals surface area (Å²) in [6, 6.07) is 0.597. The molecule has 94 valence electrons. The number of hydrogen-bond acceptors (Lipinski definition) is 2. The van der Waals surface area contributed by atoms with Gasteiger partial charge in [-0.3, -0.25) is 0 Å². The zero-order chi connectivity index (χ0) is 11.4. The van der Waals surface area contributed by atoms with Crippen LogP contribution in [0.15, 0.2) is 0 Å². The van der Waals surface area contributed by atoms with Gasteiger partial charge in [0.25, 0.3) is 0 Å². The van der Waals surface area contributed by atoms with Gasteiger partial charge in [0.05, 0.1) is 12.2 Å². The molecule has 2 rings (SSSR count). The Labute approximate surface area is 100 Å². The summed E-state index contributed by atoms with van der Waals surface area (Å²) in [5.74, 6) is 0.955. The van der Waals surface area contributed by atoms with E-state index >= 15 is 0 Å². The highest BCUT2D eigenvalue weighted by Crippen LogP contribution is 2.35. The summed E-state index contributed by atoms with van der Waals surface area (Å²) in [7, 11) is 0. The van der Waals surface area contributed by atoms with Crippen molar-refractivity contribution in [3.8, 4) is 0 Å². The molecule has 0 radical (unpaired) electrons. The lowest BCUT2D eigenvalue weighted by Gasteiger charge is -2.44. The molecule has 2 fully saturated rings. The van der Waals surface area contributed by atoms with Crippen LogP contribution in [0.5, 0.6) is 0 Å². The molecule has 1 N–H and O–H groups in total. The van der Waals surface area contributed by atoms with E-state index in [4.69, 9.17) is 4.74 Å². The third-order valence-corrected chi connectivity index (χ3v) is 4.76. The van der Waals surface area contributed by atoms with Gasteiger partial charge in [0.15, 0.2) is 0 Å². The smallest absolute Gasteiger partial charge is 0.0830 e. The molecule has 0 aromatic rings. The van der Waals surface area contributed by atoms with Crippen LogP contribution < -0.4 is 5.32 Å². The number of rotatable bonds is 4. The van der Waals surface area contributed by atoms with Gasteiger partial charge in [0, 0.05) is 12.6 Å². The Hall–Kier alpha value is -0.0800. The number of nitrogens with one attached hydrogen (secondary N) is 1. The summed E-state index contributed by atoms with van der Waals surface area (Å²) < 4.78 is 6.12. The van der Waals surface area contributed by atoms with Crippen molar-refractivity contribution in [1.29, 1.82) is 0 Å². The predicted molar refractivity (Wildman–Crippen MR) is 67.6 cm³/mol. The second-order valence-electron chi connectivity index (χ2n) is 5.51. The fourth-order valence-corrected chi connectivity index (χ4v) is 3.60. The van der Waals surface area contributed by atoms with E-state index in [0.717, 1.165) is 31.9 Å². The maximum Gasteiger partial charge on any atom is 0.0830 e. The zero-order valence-electron chi connectivity index (χ0n) is 10.9. The van der Waals surface area contributed by atoms with Crippen LogP contribution in [0.1, 0.15) is 58.8 Å². The highest BCUT2D eigenvalue weighted by atomic mass is 16.5. The molecule has 1 unspecified atom stereocenters. The van der Waals surface area contributed by atoms with E-state index < -0.39 is 0 Å². The molecule has 2 heteroatoms. The van der Waals surface area contributed by atoms with Gasteiger partial charge < -0.3 is 10.1 Å². The number of ether oxygens (including phenoxy) is 1. The minimum Gasteiger partial charge on any atom is -0.372 e. The van der Waals surface area contributed by atoms with E-state index in [2.05, 4.69) is 19.2 Å². The van der Waals surface area contributed by atoms with Gasteiger partial charge in [-0.15, -0.1) is 0 Å². The second-order valence-corrected chi connectivity index (χ2v) is 5.51. The Balaban J connectivity index is 1.97. The fraction of sp³-hybridized carbons (Fsp3) is 1.00. The molecule has 2 aliphatic rings. The number of hydrogen-bond donors (Lipinski definition) is 1. The van der Waals surface area contributed by atoms with Crippen LogP contribution in [0.25, 0.3) is 0 Å². The Morgan fingerprint density at radius 2 is 1.88 bits per heavy atom. The molecule has 1 atom stereocenters. The molecule has 0 bridgehead atoms. The SMILES string of the molecule is CCC1(CC)OCCNC1CC1CCCC1. The largest absolute Gasteiger partial charge is 0.372 e. The van der Waals surface area contributed by atoms with Crippen LogP contribution in [0.3, 0.4) is 0 Å². The van der Waals surface area contributed by atoms with Gasteiger partial charge in [-0.1, -0.05) is 39.5 Å². The molecule has 1 aliphatic heterocycles. The van der Waals surface area contributed by atoms with Crippen LogP contribution in [0.4, 0.5) is 0 Å². The molecule has 16 heavy (non-hydrogen) atoms. The van der Waals surface area contributed by atoms with E-state index in [0.29, 0.717) is 6.04 Å². The lowest BCUT2D eigenvalue weighted by atomic mass is 9.81. The topological polar surface area (TPSA) is 21.3 Å². The maximum atomic E-state index is 6.12. The third-order valence-electron chi connectivity index (χ3n) is 4.76. The summed E-state index contributed by atoms with van der Waals surface area (Å²) in [6.07, 6.45) is 9.42. The lowest BCUT2D eigenvalue weighted by molar-refractivity contribution is -0.106. The molecule has 1 saturated carbocycles. The molecule has 0 spiro atoms. The average molecular weight is 225 g/mol. The van der Waals surface area contributed by atoms with Crippen LogP contribution in [-0.2, 0) is 4.74 Å². The van der Waals surface area contributed by atoms with Gasteiger partial charge in [-0.2, -0.15) is 0 Å². The first-order valence-electron chi connectivity index (χ1n) is 7.18. The first-order chi connectivity index (χ1) is 7.80. The second kappa shape index (κ2) is 5.50. The Kier molecular flexibility index (Phi) is 4.26. The third kappa shape index (κ3) is 2.43. The molecular formula is C14H27NO. The Bertz CT molecular complexity index is 207. The average Bonchev–Trinajstić information content (AvgIpc) is 2.83. The van der Waals surface area contributed by atoms with E-state index in [1.165, 1.54) is 32.1 Å².